The summed E-state index contributed by atoms with van der Waals surface area (Å²) in [7, 11) is 0. The summed E-state index contributed by atoms with van der Waals surface area (Å²) in [6.45, 7) is 5.39. The summed E-state index contributed by atoms with van der Waals surface area (Å²) in [5.41, 5.74) is 1.43. The molecule has 1 saturated heterocycles. The lowest BCUT2D eigenvalue weighted by Gasteiger charge is -2.32. The minimum atomic E-state index is -0.324. The number of aromatic nitrogens is 1. The van der Waals surface area contributed by atoms with Crippen LogP contribution in [0.5, 0.6) is 0 Å². The SMILES string of the molecule is CC1(C)CC(=O)c2cn(-c3ccccc3)c(=O)c(C(=O)N3CCCCCC3)c2C1. The molecule has 5 heteroatoms. The first kappa shape index (κ1) is 19.6. The Labute approximate surface area is 171 Å². The Bertz CT molecular complexity index is 997. The molecule has 0 saturated carbocycles. The number of carbonyl (C=O) groups is 2. The van der Waals surface area contributed by atoms with Crippen molar-refractivity contribution in [1.29, 1.82) is 0 Å². The molecule has 0 N–H and O–H groups in total. The summed E-state index contributed by atoms with van der Waals surface area (Å²) in [5, 5.41) is 0. The fourth-order valence-corrected chi connectivity index (χ4v) is 4.58. The van der Waals surface area contributed by atoms with E-state index in [1.165, 1.54) is 4.57 Å². The highest BCUT2D eigenvalue weighted by atomic mass is 16.2. The van der Waals surface area contributed by atoms with Gasteiger partial charge in [0.1, 0.15) is 5.56 Å². The van der Waals surface area contributed by atoms with E-state index in [1.54, 1.807) is 6.20 Å². The first-order valence-corrected chi connectivity index (χ1v) is 10.5. The van der Waals surface area contributed by atoms with Crippen molar-refractivity contribution in [1.82, 2.24) is 9.47 Å². The maximum atomic E-state index is 13.5. The lowest BCUT2D eigenvalue weighted by molar-refractivity contribution is 0.0757. The number of fused-ring (bicyclic) bond motifs is 1. The molecule has 2 aliphatic rings. The Morgan fingerprint density at radius 3 is 2.24 bits per heavy atom. The third kappa shape index (κ3) is 3.78. The van der Waals surface area contributed by atoms with Gasteiger partial charge in [0, 0.05) is 37.0 Å². The third-order valence-electron chi connectivity index (χ3n) is 6.05. The third-order valence-corrected chi connectivity index (χ3v) is 6.05. The van der Waals surface area contributed by atoms with Gasteiger partial charge in [-0.3, -0.25) is 19.0 Å². The van der Waals surface area contributed by atoms with Gasteiger partial charge in [-0.1, -0.05) is 44.9 Å². The van der Waals surface area contributed by atoms with E-state index in [0.717, 1.165) is 25.7 Å². The van der Waals surface area contributed by atoms with Gasteiger partial charge in [-0.25, -0.2) is 0 Å². The first-order valence-electron chi connectivity index (χ1n) is 10.5. The number of benzene rings is 1. The van der Waals surface area contributed by atoms with Crippen LogP contribution in [0.15, 0.2) is 41.3 Å². The molecule has 2 heterocycles. The lowest BCUT2D eigenvalue weighted by atomic mass is 9.73. The molecule has 1 aromatic carbocycles. The lowest BCUT2D eigenvalue weighted by Crippen LogP contribution is -2.41. The number of hydrogen-bond donors (Lipinski definition) is 0. The molecule has 2 aromatic rings. The van der Waals surface area contributed by atoms with Crippen molar-refractivity contribution in [3.05, 3.63) is 63.6 Å². The summed E-state index contributed by atoms with van der Waals surface area (Å²) in [5.74, 6) is -0.213. The molecule has 29 heavy (non-hydrogen) atoms. The van der Waals surface area contributed by atoms with E-state index in [0.29, 0.717) is 42.7 Å². The number of ketones is 1. The van der Waals surface area contributed by atoms with Crippen molar-refractivity contribution < 1.29 is 9.59 Å². The van der Waals surface area contributed by atoms with E-state index in [-0.39, 0.29) is 28.2 Å². The number of nitrogens with zero attached hydrogens (tertiary/aromatic N) is 2. The fourth-order valence-electron chi connectivity index (χ4n) is 4.58. The Kier molecular flexibility index (Phi) is 5.15. The van der Waals surface area contributed by atoms with Gasteiger partial charge >= 0.3 is 0 Å². The Hall–Kier alpha value is -2.69. The van der Waals surface area contributed by atoms with Crippen LogP contribution in [0, 0.1) is 5.41 Å². The van der Waals surface area contributed by atoms with Crippen LogP contribution in [0.4, 0.5) is 0 Å². The smallest absolute Gasteiger partial charge is 0.268 e. The second kappa shape index (κ2) is 7.62. The van der Waals surface area contributed by atoms with Gasteiger partial charge in [0.15, 0.2) is 5.78 Å². The van der Waals surface area contributed by atoms with Crippen molar-refractivity contribution in [3.8, 4) is 5.69 Å². The second-order valence-corrected chi connectivity index (χ2v) is 9.05. The van der Waals surface area contributed by atoms with Crippen molar-refractivity contribution in [2.24, 2.45) is 5.41 Å². The zero-order valence-corrected chi connectivity index (χ0v) is 17.2. The highest BCUT2D eigenvalue weighted by Crippen LogP contribution is 2.36. The van der Waals surface area contributed by atoms with Crippen LogP contribution in [0.25, 0.3) is 5.69 Å². The zero-order chi connectivity index (χ0) is 20.6. The molecule has 0 unspecified atom stereocenters. The number of Topliss-reactive ketones (excluding diaryl/α,β-unsaturated/α-hetero) is 1. The molecule has 0 atom stereocenters. The number of pyridine rings is 1. The monoisotopic (exact) mass is 392 g/mol. The molecule has 1 fully saturated rings. The molecule has 4 rings (SSSR count). The standard InChI is InChI=1S/C24H28N2O3/c1-24(2)14-18-19(20(27)15-24)16-26(17-10-6-5-7-11-17)23(29)21(18)22(28)25-12-8-3-4-9-13-25/h5-7,10-11,16H,3-4,8-9,12-15H2,1-2H3. The average Bonchev–Trinajstić information content (AvgIpc) is 2.97. The predicted octanol–water partition coefficient (Wildman–Crippen LogP) is 4.01. The fraction of sp³-hybridized carbons (Fsp3) is 0.458. The highest BCUT2D eigenvalue weighted by molar-refractivity contribution is 6.04. The van der Waals surface area contributed by atoms with Crippen molar-refractivity contribution in [3.63, 3.8) is 0 Å². The molecule has 1 aliphatic carbocycles. The molecular formula is C24H28N2O3. The van der Waals surface area contributed by atoms with Crippen LogP contribution in [-0.4, -0.2) is 34.2 Å². The summed E-state index contributed by atoms with van der Waals surface area (Å²) in [6, 6.07) is 9.23. The van der Waals surface area contributed by atoms with Gasteiger partial charge in [-0.15, -0.1) is 0 Å². The van der Waals surface area contributed by atoms with Crippen LogP contribution in [0.1, 0.15) is 72.2 Å². The van der Waals surface area contributed by atoms with Crippen molar-refractivity contribution in [2.75, 3.05) is 13.1 Å². The van der Waals surface area contributed by atoms with E-state index in [9.17, 15) is 14.4 Å². The molecule has 1 aliphatic heterocycles. The maximum absolute atomic E-state index is 13.5. The van der Waals surface area contributed by atoms with Gasteiger partial charge < -0.3 is 4.90 Å². The van der Waals surface area contributed by atoms with Crippen molar-refractivity contribution in [2.45, 2.75) is 52.4 Å². The number of amides is 1. The Morgan fingerprint density at radius 1 is 0.931 bits per heavy atom. The minimum Gasteiger partial charge on any atom is -0.338 e. The van der Waals surface area contributed by atoms with E-state index in [4.69, 9.17) is 0 Å². The average molecular weight is 392 g/mol. The number of likely N-dealkylation sites (tertiary alicyclic amines) is 1. The van der Waals surface area contributed by atoms with Gasteiger partial charge in [0.25, 0.3) is 11.5 Å². The van der Waals surface area contributed by atoms with Gasteiger partial charge in [0.2, 0.25) is 0 Å². The number of carbonyl (C=O) groups excluding carboxylic acids is 2. The largest absolute Gasteiger partial charge is 0.338 e. The van der Waals surface area contributed by atoms with Crippen molar-refractivity contribution >= 4 is 11.7 Å². The van der Waals surface area contributed by atoms with E-state index in [2.05, 4.69) is 0 Å². The van der Waals surface area contributed by atoms with E-state index >= 15 is 0 Å². The highest BCUT2D eigenvalue weighted by Gasteiger charge is 2.37. The topological polar surface area (TPSA) is 59.4 Å². The molecule has 152 valence electrons. The second-order valence-electron chi connectivity index (χ2n) is 9.05. The van der Waals surface area contributed by atoms with E-state index in [1.807, 2.05) is 49.1 Å². The minimum absolute atomic E-state index is 0.00541. The van der Waals surface area contributed by atoms with Gasteiger partial charge in [0.05, 0.1) is 0 Å². The molecule has 0 radical (unpaired) electrons. The Balaban J connectivity index is 1.92. The number of para-hydroxylation sites is 1. The van der Waals surface area contributed by atoms with Gasteiger partial charge in [-0.2, -0.15) is 0 Å². The zero-order valence-electron chi connectivity index (χ0n) is 17.2. The normalized spacial score (nSPS) is 18.8. The Morgan fingerprint density at radius 2 is 1.59 bits per heavy atom. The van der Waals surface area contributed by atoms with Crippen LogP contribution in [0.2, 0.25) is 0 Å². The van der Waals surface area contributed by atoms with Gasteiger partial charge in [-0.05, 0) is 42.4 Å². The maximum Gasteiger partial charge on any atom is 0.268 e. The summed E-state index contributed by atoms with van der Waals surface area (Å²) >= 11 is 0. The number of hydrogen-bond acceptors (Lipinski definition) is 3. The molecule has 0 bridgehead atoms. The van der Waals surface area contributed by atoms with Crippen LogP contribution >= 0.6 is 0 Å². The molecule has 1 amide bonds. The molecular weight excluding hydrogens is 364 g/mol. The molecule has 0 spiro atoms. The van der Waals surface area contributed by atoms with Crippen LogP contribution < -0.4 is 5.56 Å². The number of rotatable bonds is 2. The summed E-state index contributed by atoms with van der Waals surface area (Å²) in [4.78, 5) is 41.9. The van der Waals surface area contributed by atoms with Crippen LogP contribution in [0.3, 0.4) is 0 Å². The predicted molar refractivity (Wildman–Crippen MR) is 113 cm³/mol. The first-order chi connectivity index (χ1) is 13.9. The molecule has 1 aromatic heterocycles. The summed E-state index contributed by atoms with van der Waals surface area (Å²) < 4.78 is 1.47. The van der Waals surface area contributed by atoms with E-state index < -0.39 is 0 Å². The molecule has 5 nitrogen and oxygen atoms in total. The summed E-state index contributed by atoms with van der Waals surface area (Å²) in [6.07, 6.45) is 6.75. The quantitative estimate of drug-likeness (QED) is 0.776. The van der Waals surface area contributed by atoms with Crippen LogP contribution in [-0.2, 0) is 6.42 Å².